The third kappa shape index (κ3) is 7.26. The van der Waals surface area contributed by atoms with Gasteiger partial charge in [-0.2, -0.15) is 0 Å². The number of aliphatic hydroxyl groups is 2. The first-order chi connectivity index (χ1) is 14.9. The number of phosphoric acid groups is 1. The van der Waals surface area contributed by atoms with Gasteiger partial charge in [-0.15, -0.1) is 11.6 Å². The van der Waals surface area contributed by atoms with Gasteiger partial charge in [0.05, 0.1) is 24.6 Å². The fourth-order valence-electron chi connectivity index (χ4n) is 4.35. The molecule has 2 aliphatic rings. The fourth-order valence-corrected chi connectivity index (χ4v) is 5.88. The Bertz CT molecular complexity index is 672. The fraction of sp³-hybridized carbons (Fsp3) is 0.944. The Morgan fingerprint density at radius 1 is 1.38 bits per heavy atom. The molecule has 2 saturated heterocycles. The standard InChI is InChI=1S/C18H34ClN2O9PS/c1-5-6-10-7-11(21(3)8-10)17(24)20-12(9(2)19)15-13(22)14(23)16(30-31(25,26)27)18(29-15)32-28-4/h9-16,18,22-23H,5-8H2,1-4H3,(H,20,24)(H2,25,26,27)/t9-,10+,11-,12+,13?,14?,15?,16?,18?/m0/s1. The summed E-state index contributed by atoms with van der Waals surface area (Å²) in [7, 11) is -1.81. The van der Waals surface area contributed by atoms with Crippen LogP contribution in [0.5, 0.6) is 0 Å². The molecule has 2 fully saturated rings. The second kappa shape index (κ2) is 12.1. The van der Waals surface area contributed by atoms with Crippen molar-refractivity contribution < 1.29 is 42.8 Å². The van der Waals surface area contributed by atoms with Crippen LogP contribution in [-0.4, -0.2) is 98.8 Å². The number of amides is 1. The van der Waals surface area contributed by atoms with Crippen molar-refractivity contribution in [2.24, 2.45) is 5.92 Å². The maximum absolute atomic E-state index is 13.0. The van der Waals surface area contributed by atoms with Crippen molar-refractivity contribution in [3.8, 4) is 0 Å². The number of nitrogens with zero attached hydrogens (tertiary/aromatic N) is 1. The van der Waals surface area contributed by atoms with Crippen LogP contribution in [0, 0.1) is 5.92 Å². The zero-order valence-corrected chi connectivity index (χ0v) is 21.0. The summed E-state index contributed by atoms with van der Waals surface area (Å²) < 4.78 is 26.7. The summed E-state index contributed by atoms with van der Waals surface area (Å²) in [6, 6.07) is -1.26. The van der Waals surface area contributed by atoms with E-state index in [1.807, 2.05) is 11.9 Å². The zero-order chi connectivity index (χ0) is 24.2. The Morgan fingerprint density at radius 3 is 2.56 bits per heavy atom. The predicted molar refractivity (Wildman–Crippen MR) is 119 cm³/mol. The molecule has 5 N–H and O–H groups in total. The maximum Gasteiger partial charge on any atom is 0.470 e. The first kappa shape index (κ1) is 28.3. The van der Waals surface area contributed by atoms with Crippen LogP contribution in [-0.2, 0) is 22.8 Å². The number of likely N-dealkylation sites (N-methyl/N-ethyl adjacent to an activating group) is 1. The molecule has 2 aliphatic heterocycles. The third-order valence-corrected chi connectivity index (χ3v) is 7.38. The molecule has 32 heavy (non-hydrogen) atoms. The van der Waals surface area contributed by atoms with E-state index in [9.17, 15) is 19.6 Å². The minimum atomic E-state index is -5.00. The summed E-state index contributed by atoms with van der Waals surface area (Å²) in [5, 5.41) is 23.4. The van der Waals surface area contributed by atoms with Gasteiger partial charge in [-0.1, -0.05) is 13.3 Å². The number of halogens is 1. The van der Waals surface area contributed by atoms with E-state index in [1.54, 1.807) is 6.92 Å². The Morgan fingerprint density at radius 2 is 2.03 bits per heavy atom. The summed E-state index contributed by atoms with van der Waals surface area (Å²) in [6.45, 7) is 4.52. The molecule has 0 aliphatic carbocycles. The maximum atomic E-state index is 13.0. The van der Waals surface area contributed by atoms with E-state index in [0.29, 0.717) is 24.4 Å². The molecule has 0 aromatic rings. The lowest BCUT2D eigenvalue weighted by Crippen LogP contribution is -2.65. The normalized spacial score (nSPS) is 36.1. The minimum absolute atomic E-state index is 0.265. The molecule has 0 bridgehead atoms. The molecule has 0 radical (unpaired) electrons. The number of hydrogen-bond acceptors (Lipinski definition) is 9. The van der Waals surface area contributed by atoms with E-state index in [2.05, 4.69) is 16.8 Å². The molecule has 0 aromatic carbocycles. The molecular weight excluding hydrogens is 487 g/mol. The van der Waals surface area contributed by atoms with Gasteiger partial charge < -0.3 is 34.2 Å². The van der Waals surface area contributed by atoms with Gasteiger partial charge in [0.25, 0.3) is 0 Å². The first-order valence-electron chi connectivity index (χ1n) is 10.5. The number of carbonyl (C=O) groups excluding carboxylic acids is 1. The van der Waals surface area contributed by atoms with Gasteiger partial charge in [-0.3, -0.25) is 14.2 Å². The van der Waals surface area contributed by atoms with Crippen molar-refractivity contribution in [3.05, 3.63) is 0 Å². The highest BCUT2D eigenvalue weighted by Gasteiger charge is 2.52. The number of ether oxygens (including phenoxy) is 1. The van der Waals surface area contributed by atoms with Gasteiger partial charge in [0.2, 0.25) is 5.91 Å². The molecule has 188 valence electrons. The Hall–Kier alpha value is 0.0200. The smallest absolute Gasteiger partial charge is 0.388 e. The number of phosphoric ester groups is 1. The second-order valence-electron chi connectivity index (χ2n) is 8.33. The predicted octanol–water partition coefficient (Wildman–Crippen LogP) is 0.438. The van der Waals surface area contributed by atoms with E-state index in [1.165, 1.54) is 7.11 Å². The van der Waals surface area contributed by atoms with Crippen LogP contribution in [0.2, 0.25) is 0 Å². The van der Waals surface area contributed by atoms with E-state index in [-0.39, 0.29) is 11.9 Å². The van der Waals surface area contributed by atoms with Crippen molar-refractivity contribution in [2.75, 3.05) is 20.7 Å². The Kier molecular flexibility index (Phi) is 10.7. The zero-order valence-electron chi connectivity index (χ0n) is 18.5. The molecule has 5 unspecified atom stereocenters. The Labute approximate surface area is 197 Å². The molecule has 9 atom stereocenters. The van der Waals surface area contributed by atoms with Gasteiger partial charge in [0, 0.05) is 18.6 Å². The van der Waals surface area contributed by atoms with Crippen molar-refractivity contribution >= 4 is 37.4 Å². The van der Waals surface area contributed by atoms with Crippen LogP contribution in [0.1, 0.15) is 33.1 Å². The Balaban J connectivity index is 2.18. The van der Waals surface area contributed by atoms with E-state index >= 15 is 0 Å². The molecule has 0 spiro atoms. The molecule has 2 rings (SSSR count). The second-order valence-corrected chi connectivity index (χ2v) is 11.2. The first-order valence-corrected chi connectivity index (χ1v) is 13.3. The van der Waals surface area contributed by atoms with Crippen LogP contribution in [0.25, 0.3) is 0 Å². The lowest BCUT2D eigenvalue weighted by atomic mass is 9.92. The van der Waals surface area contributed by atoms with E-state index in [0.717, 1.165) is 19.4 Å². The summed E-state index contributed by atoms with van der Waals surface area (Å²) >= 11 is 6.99. The monoisotopic (exact) mass is 520 g/mol. The molecular formula is C18H34ClN2O9PS. The quantitative estimate of drug-likeness (QED) is 0.154. The average molecular weight is 521 g/mol. The van der Waals surface area contributed by atoms with Gasteiger partial charge in [0.15, 0.2) is 5.44 Å². The van der Waals surface area contributed by atoms with Gasteiger partial charge >= 0.3 is 7.82 Å². The van der Waals surface area contributed by atoms with Crippen LogP contribution < -0.4 is 5.32 Å². The highest BCUT2D eigenvalue weighted by molar-refractivity contribution is 7.95. The highest BCUT2D eigenvalue weighted by atomic mass is 35.5. The van der Waals surface area contributed by atoms with Crippen molar-refractivity contribution in [2.45, 2.75) is 80.4 Å². The van der Waals surface area contributed by atoms with Crippen LogP contribution in [0.4, 0.5) is 0 Å². The lowest BCUT2D eigenvalue weighted by Gasteiger charge is -2.45. The number of nitrogens with one attached hydrogen (secondary N) is 1. The number of aliphatic hydroxyl groups excluding tert-OH is 2. The lowest BCUT2D eigenvalue weighted by molar-refractivity contribution is -0.202. The number of alkyl halides is 1. The summed E-state index contributed by atoms with van der Waals surface area (Å²) in [5.41, 5.74) is -1.20. The summed E-state index contributed by atoms with van der Waals surface area (Å²) in [6.07, 6.45) is -3.36. The largest absolute Gasteiger partial charge is 0.470 e. The molecule has 0 aromatic heterocycles. The highest BCUT2D eigenvalue weighted by Crippen LogP contribution is 2.44. The van der Waals surface area contributed by atoms with Crippen molar-refractivity contribution in [1.82, 2.24) is 10.2 Å². The van der Waals surface area contributed by atoms with E-state index < -0.39 is 49.1 Å². The molecule has 11 nitrogen and oxygen atoms in total. The minimum Gasteiger partial charge on any atom is -0.388 e. The number of hydrogen-bond donors (Lipinski definition) is 5. The molecule has 1 amide bonds. The van der Waals surface area contributed by atoms with Crippen molar-refractivity contribution in [1.29, 1.82) is 0 Å². The van der Waals surface area contributed by atoms with Crippen LogP contribution >= 0.6 is 31.5 Å². The van der Waals surface area contributed by atoms with Gasteiger partial charge in [-0.25, -0.2) is 4.57 Å². The summed E-state index contributed by atoms with van der Waals surface area (Å²) in [4.78, 5) is 33.3. The van der Waals surface area contributed by atoms with Crippen LogP contribution in [0.15, 0.2) is 0 Å². The number of carbonyl (C=O) groups is 1. The summed E-state index contributed by atoms with van der Waals surface area (Å²) in [5.74, 6) is 0.150. The SMILES string of the molecule is CCC[C@@H]1C[C@@H](C(=O)N[C@@H](C2OC(SOC)C(OP(=O)(O)O)C(O)C2O)[C@H](C)Cl)N(C)C1. The third-order valence-electron chi connectivity index (χ3n) is 5.82. The molecule has 0 saturated carbocycles. The number of rotatable bonds is 10. The van der Waals surface area contributed by atoms with Crippen molar-refractivity contribution in [3.63, 3.8) is 0 Å². The average Bonchev–Trinajstić information content (AvgIpc) is 3.05. The van der Waals surface area contributed by atoms with Gasteiger partial charge in [-0.05, 0) is 32.7 Å². The van der Waals surface area contributed by atoms with Crippen LogP contribution in [0.3, 0.4) is 0 Å². The van der Waals surface area contributed by atoms with E-state index in [4.69, 9.17) is 30.3 Å². The molecule has 14 heteroatoms. The topological polar surface area (TPSA) is 158 Å². The number of likely N-dealkylation sites (tertiary alicyclic amines) is 1. The molecule has 2 heterocycles. The van der Waals surface area contributed by atoms with Gasteiger partial charge in [0.1, 0.15) is 24.4 Å².